The van der Waals surface area contributed by atoms with E-state index in [-0.39, 0.29) is 5.91 Å². The Morgan fingerprint density at radius 1 is 1.14 bits per heavy atom. The number of hydrogen-bond acceptors (Lipinski definition) is 2. The summed E-state index contributed by atoms with van der Waals surface area (Å²) in [6, 6.07) is 8.30. The molecule has 2 N–H and O–H groups in total. The van der Waals surface area contributed by atoms with Crippen LogP contribution in [0.2, 0.25) is 0 Å². The van der Waals surface area contributed by atoms with Gasteiger partial charge in [0.25, 0.3) is 5.91 Å². The molecule has 0 bridgehead atoms. The monoisotopic (exact) mass is 286 g/mol. The van der Waals surface area contributed by atoms with Crippen LogP contribution in [0.3, 0.4) is 0 Å². The molecule has 0 aliphatic heterocycles. The van der Waals surface area contributed by atoms with Crippen molar-refractivity contribution in [2.75, 3.05) is 11.9 Å². The Labute approximate surface area is 127 Å². The maximum Gasteiger partial charge on any atom is 0.251 e. The Bertz CT molecular complexity index is 488. The summed E-state index contributed by atoms with van der Waals surface area (Å²) in [6.45, 7) is 3.38. The molecule has 3 heteroatoms. The van der Waals surface area contributed by atoms with E-state index >= 15 is 0 Å². The predicted molar refractivity (Wildman–Crippen MR) is 86.5 cm³/mol. The molecule has 0 spiro atoms. The van der Waals surface area contributed by atoms with Gasteiger partial charge >= 0.3 is 0 Å². The van der Waals surface area contributed by atoms with Crippen LogP contribution in [0.1, 0.15) is 55.8 Å². The van der Waals surface area contributed by atoms with E-state index in [1.54, 1.807) is 0 Å². The van der Waals surface area contributed by atoms with Crippen molar-refractivity contribution in [1.29, 1.82) is 0 Å². The molecule has 1 amide bonds. The fourth-order valence-corrected chi connectivity index (χ4v) is 3.06. The summed E-state index contributed by atoms with van der Waals surface area (Å²) < 4.78 is 0. The highest BCUT2D eigenvalue weighted by Crippen LogP contribution is 2.28. The lowest BCUT2D eigenvalue weighted by atomic mass is 9.83. The molecular formula is C18H26N2O. The fraction of sp³-hybridized carbons (Fsp3) is 0.611. The lowest BCUT2D eigenvalue weighted by molar-refractivity contribution is 0.0951. The van der Waals surface area contributed by atoms with Crippen LogP contribution in [0, 0.1) is 11.8 Å². The SMILES string of the molecule is CC1CCC(CNc2cccc(C(=O)NC3CC3)c2)CC1. The van der Waals surface area contributed by atoms with Gasteiger partial charge in [0.05, 0.1) is 0 Å². The van der Waals surface area contributed by atoms with Gasteiger partial charge in [-0.05, 0) is 55.7 Å². The minimum atomic E-state index is 0.0626. The number of anilines is 1. The molecule has 2 saturated carbocycles. The van der Waals surface area contributed by atoms with Gasteiger partial charge in [0, 0.05) is 23.8 Å². The standard InChI is InChI=1S/C18H26N2O/c1-13-5-7-14(8-6-13)12-19-17-4-2-3-15(11-17)18(21)20-16-9-10-16/h2-4,11,13-14,16,19H,5-10,12H2,1H3,(H,20,21). The summed E-state index contributed by atoms with van der Waals surface area (Å²) in [5, 5.41) is 6.55. The van der Waals surface area contributed by atoms with Crippen LogP contribution < -0.4 is 10.6 Å². The first-order valence-electron chi connectivity index (χ1n) is 8.35. The number of amides is 1. The molecule has 0 heterocycles. The second-order valence-corrected chi connectivity index (χ2v) is 6.84. The largest absolute Gasteiger partial charge is 0.385 e. The van der Waals surface area contributed by atoms with Crippen molar-refractivity contribution < 1.29 is 4.79 Å². The van der Waals surface area contributed by atoms with Crippen molar-refractivity contribution in [3.63, 3.8) is 0 Å². The van der Waals surface area contributed by atoms with Crippen LogP contribution in [0.4, 0.5) is 5.69 Å². The predicted octanol–water partition coefficient (Wildman–Crippen LogP) is 3.82. The number of carbonyl (C=O) groups is 1. The number of hydrogen-bond donors (Lipinski definition) is 2. The third-order valence-corrected chi connectivity index (χ3v) is 4.77. The highest BCUT2D eigenvalue weighted by atomic mass is 16.1. The Balaban J connectivity index is 1.51. The van der Waals surface area contributed by atoms with Crippen LogP contribution in [0.15, 0.2) is 24.3 Å². The van der Waals surface area contributed by atoms with E-state index in [2.05, 4.69) is 23.6 Å². The van der Waals surface area contributed by atoms with Crippen molar-refractivity contribution in [3.8, 4) is 0 Å². The zero-order chi connectivity index (χ0) is 14.7. The first-order chi connectivity index (χ1) is 10.2. The molecule has 1 aromatic carbocycles. The van der Waals surface area contributed by atoms with E-state index in [4.69, 9.17) is 0 Å². The molecule has 1 aromatic rings. The molecule has 2 fully saturated rings. The van der Waals surface area contributed by atoms with Gasteiger partial charge < -0.3 is 10.6 Å². The van der Waals surface area contributed by atoms with Gasteiger partial charge in [-0.15, -0.1) is 0 Å². The van der Waals surface area contributed by atoms with Gasteiger partial charge in [-0.2, -0.15) is 0 Å². The Morgan fingerprint density at radius 3 is 2.62 bits per heavy atom. The zero-order valence-electron chi connectivity index (χ0n) is 12.9. The minimum Gasteiger partial charge on any atom is -0.385 e. The summed E-state index contributed by atoms with van der Waals surface area (Å²) in [7, 11) is 0. The van der Waals surface area contributed by atoms with E-state index < -0.39 is 0 Å². The lowest BCUT2D eigenvalue weighted by Crippen LogP contribution is -2.25. The second kappa shape index (κ2) is 6.50. The van der Waals surface area contributed by atoms with Crippen LogP contribution in [-0.4, -0.2) is 18.5 Å². The molecule has 0 unspecified atom stereocenters. The maximum absolute atomic E-state index is 12.1. The van der Waals surface area contributed by atoms with E-state index in [9.17, 15) is 4.79 Å². The van der Waals surface area contributed by atoms with E-state index in [0.29, 0.717) is 6.04 Å². The van der Waals surface area contributed by atoms with Gasteiger partial charge in [0.1, 0.15) is 0 Å². The minimum absolute atomic E-state index is 0.0626. The fourth-order valence-electron chi connectivity index (χ4n) is 3.06. The zero-order valence-corrected chi connectivity index (χ0v) is 12.9. The van der Waals surface area contributed by atoms with Gasteiger partial charge in [-0.25, -0.2) is 0 Å². The van der Waals surface area contributed by atoms with Crippen LogP contribution >= 0.6 is 0 Å². The van der Waals surface area contributed by atoms with Gasteiger partial charge in [0.15, 0.2) is 0 Å². The summed E-state index contributed by atoms with van der Waals surface area (Å²) in [4.78, 5) is 12.1. The Hall–Kier alpha value is -1.51. The number of nitrogens with one attached hydrogen (secondary N) is 2. The van der Waals surface area contributed by atoms with Crippen molar-refractivity contribution >= 4 is 11.6 Å². The summed E-state index contributed by atoms with van der Waals surface area (Å²) in [5.74, 6) is 1.74. The van der Waals surface area contributed by atoms with Crippen molar-refractivity contribution in [3.05, 3.63) is 29.8 Å². The van der Waals surface area contributed by atoms with E-state index in [1.807, 2.05) is 18.2 Å². The molecule has 21 heavy (non-hydrogen) atoms. The average molecular weight is 286 g/mol. The normalized spacial score (nSPS) is 25.4. The topological polar surface area (TPSA) is 41.1 Å². The van der Waals surface area contributed by atoms with E-state index in [1.165, 1.54) is 25.7 Å². The van der Waals surface area contributed by atoms with Crippen molar-refractivity contribution in [2.24, 2.45) is 11.8 Å². The first-order valence-corrected chi connectivity index (χ1v) is 8.35. The van der Waals surface area contributed by atoms with Gasteiger partial charge in [-0.3, -0.25) is 4.79 Å². The quantitative estimate of drug-likeness (QED) is 0.864. The summed E-state index contributed by atoms with van der Waals surface area (Å²) in [6.07, 6.45) is 7.63. The lowest BCUT2D eigenvalue weighted by Gasteiger charge is -2.26. The third-order valence-electron chi connectivity index (χ3n) is 4.77. The number of rotatable bonds is 5. The Morgan fingerprint density at radius 2 is 1.90 bits per heavy atom. The molecule has 0 atom stereocenters. The van der Waals surface area contributed by atoms with Crippen LogP contribution in [0.25, 0.3) is 0 Å². The molecule has 2 aliphatic rings. The number of benzene rings is 1. The third kappa shape index (κ3) is 4.23. The van der Waals surface area contributed by atoms with Crippen molar-refractivity contribution in [2.45, 2.75) is 51.5 Å². The molecule has 114 valence electrons. The Kier molecular flexibility index (Phi) is 4.47. The van der Waals surface area contributed by atoms with Gasteiger partial charge in [0.2, 0.25) is 0 Å². The highest BCUT2D eigenvalue weighted by Gasteiger charge is 2.23. The van der Waals surface area contributed by atoms with Gasteiger partial charge in [-0.1, -0.05) is 25.8 Å². The second-order valence-electron chi connectivity index (χ2n) is 6.84. The number of carbonyl (C=O) groups excluding carboxylic acids is 1. The molecule has 3 nitrogen and oxygen atoms in total. The van der Waals surface area contributed by atoms with E-state index in [0.717, 1.165) is 42.5 Å². The van der Waals surface area contributed by atoms with Crippen LogP contribution in [-0.2, 0) is 0 Å². The summed E-state index contributed by atoms with van der Waals surface area (Å²) in [5.41, 5.74) is 1.83. The molecule has 0 radical (unpaired) electrons. The summed E-state index contributed by atoms with van der Waals surface area (Å²) >= 11 is 0. The van der Waals surface area contributed by atoms with Crippen LogP contribution in [0.5, 0.6) is 0 Å². The molecule has 0 aromatic heterocycles. The molecule has 3 rings (SSSR count). The maximum atomic E-state index is 12.1. The highest BCUT2D eigenvalue weighted by molar-refractivity contribution is 5.95. The molecule has 2 aliphatic carbocycles. The first kappa shape index (κ1) is 14.4. The molecule has 0 saturated heterocycles. The smallest absolute Gasteiger partial charge is 0.251 e. The molecular weight excluding hydrogens is 260 g/mol. The average Bonchev–Trinajstić information content (AvgIpc) is 3.31. The van der Waals surface area contributed by atoms with Crippen molar-refractivity contribution in [1.82, 2.24) is 5.32 Å².